The quantitative estimate of drug-likeness (QED) is 0.250. The van der Waals surface area contributed by atoms with Crippen LogP contribution in [0.15, 0.2) is 121 Å². The highest BCUT2D eigenvalue weighted by Gasteiger charge is 2.19. The minimum Gasteiger partial charge on any atom is -0.351 e. The lowest BCUT2D eigenvalue weighted by Gasteiger charge is -2.18. The van der Waals surface area contributed by atoms with Crippen molar-refractivity contribution in [2.75, 3.05) is 6.54 Å². The van der Waals surface area contributed by atoms with Crippen molar-refractivity contribution in [2.24, 2.45) is 0 Å². The number of nitrogens with one attached hydrogen (secondary N) is 1. The average molecular weight is 492 g/mol. The Morgan fingerprint density at radius 3 is 1.92 bits per heavy atom. The largest absolute Gasteiger partial charge is 0.351 e. The minimum absolute atomic E-state index is 0.167. The van der Waals surface area contributed by atoms with E-state index in [-0.39, 0.29) is 11.8 Å². The maximum absolute atomic E-state index is 13.4. The summed E-state index contributed by atoms with van der Waals surface area (Å²) in [5, 5.41) is 8.51. The summed E-state index contributed by atoms with van der Waals surface area (Å²) < 4.78 is 1.68. The van der Waals surface area contributed by atoms with Crippen molar-refractivity contribution >= 4 is 17.5 Å². The van der Waals surface area contributed by atoms with Crippen LogP contribution in [0.2, 0.25) is 5.02 Å². The highest BCUT2D eigenvalue weighted by atomic mass is 35.5. The average Bonchev–Trinajstić information content (AvgIpc) is 3.39. The van der Waals surface area contributed by atoms with Crippen molar-refractivity contribution in [3.63, 3.8) is 0 Å². The molecule has 5 heteroatoms. The van der Waals surface area contributed by atoms with Gasteiger partial charge in [-0.3, -0.25) is 4.79 Å². The topological polar surface area (TPSA) is 46.9 Å². The summed E-state index contributed by atoms with van der Waals surface area (Å²) in [4.78, 5) is 13.4. The zero-order chi connectivity index (χ0) is 24.7. The molecule has 178 valence electrons. The SMILES string of the molecule is O=C(NCCC(c1ccccc1)c1ccccc1)c1cc(-c2ccccc2)nn1-c1ccc(Cl)cc1. The lowest BCUT2D eigenvalue weighted by Crippen LogP contribution is -2.28. The first-order valence-electron chi connectivity index (χ1n) is 12.0. The molecule has 0 aliphatic heterocycles. The van der Waals surface area contributed by atoms with E-state index in [1.54, 1.807) is 16.8 Å². The fourth-order valence-electron chi connectivity index (χ4n) is 4.39. The summed E-state index contributed by atoms with van der Waals surface area (Å²) >= 11 is 6.09. The second-order valence-electron chi connectivity index (χ2n) is 8.59. The molecule has 4 aromatic carbocycles. The molecule has 5 rings (SSSR count). The predicted octanol–water partition coefficient (Wildman–Crippen LogP) is 7.14. The van der Waals surface area contributed by atoms with E-state index < -0.39 is 0 Å². The van der Waals surface area contributed by atoms with E-state index >= 15 is 0 Å². The van der Waals surface area contributed by atoms with Gasteiger partial charge in [0.25, 0.3) is 5.91 Å². The Bertz CT molecular complexity index is 1380. The van der Waals surface area contributed by atoms with Crippen LogP contribution in [0.5, 0.6) is 0 Å². The Morgan fingerprint density at radius 2 is 1.33 bits per heavy atom. The molecule has 0 radical (unpaired) electrons. The zero-order valence-corrected chi connectivity index (χ0v) is 20.5. The number of halogens is 1. The van der Waals surface area contributed by atoms with Gasteiger partial charge in [-0.05, 0) is 47.9 Å². The lowest BCUT2D eigenvalue weighted by atomic mass is 9.88. The summed E-state index contributed by atoms with van der Waals surface area (Å²) in [5.41, 5.74) is 5.41. The predicted molar refractivity (Wildman–Crippen MR) is 146 cm³/mol. The van der Waals surface area contributed by atoms with Gasteiger partial charge >= 0.3 is 0 Å². The van der Waals surface area contributed by atoms with Crippen LogP contribution in [0, 0.1) is 0 Å². The second kappa shape index (κ2) is 11.1. The van der Waals surface area contributed by atoms with Crippen molar-refractivity contribution in [3.05, 3.63) is 143 Å². The van der Waals surface area contributed by atoms with Gasteiger partial charge in [0, 0.05) is 23.0 Å². The maximum atomic E-state index is 13.4. The standard InChI is InChI=1S/C31H26ClN3O/c32-26-16-18-27(19-17-26)35-30(22-29(34-35)25-14-8-3-9-15-25)31(36)33-21-20-28(23-10-4-1-5-11-23)24-12-6-2-7-13-24/h1-19,22,28H,20-21H2,(H,33,36). The van der Waals surface area contributed by atoms with E-state index in [1.807, 2.05) is 60.7 Å². The Balaban J connectivity index is 1.39. The monoisotopic (exact) mass is 491 g/mol. The van der Waals surface area contributed by atoms with E-state index in [9.17, 15) is 4.79 Å². The molecule has 1 amide bonds. The molecule has 0 aliphatic rings. The van der Waals surface area contributed by atoms with Crippen molar-refractivity contribution in [2.45, 2.75) is 12.3 Å². The van der Waals surface area contributed by atoms with Crippen LogP contribution in [0.25, 0.3) is 16.9 Å². The summed E-state index contributed by atoms with van der Waals surface area (Å²) in [6.07, 6.45) is 0.778. The van der Waals surface area contributed by atoms with Crippen molar-refractivity contribution < 1.29 is 4.79 Å². The first-order valence-corrected chi connectivity index (χ1v) is 12.4. The van der Waals surface area contributed by atoms with E-state index in [1.165, 1.54) is 11.1 Å². The fraction of sp³-hybridized carbons (Fsp3) is 0.0968. The van der Waals surface area contributed by atoms with Gasteiger partial charge in [0.15, 0.2) is 0 Å². The van der Waals surface area contributed by atoms with Crippen LogP contribution < -0.4 is 5.32 Å². The van der Waals surface area contributed by atoms with Gasteiger partial charge in [-0.1, -0.05) is 103 Å². The molecular weight excluding hydrogens is 466 g/mol. The minimum atomic E-state index is -0.167. The van der Waals surface area contributed by atoms with Crippen LogP contribution in [-0.4, -0.2) is 22.2 Å². The molecule has 0 aliphatic carbocycles. The summed E-state index contributed by atoms with van der Waals surface area (Å²) in [6.45, 7) is 0.528. The van der Waals surface area contributed by atoms with E-state index in [0.29, 0.717) is 17.3 Å². The summed E-state index contributed by atoms with van der Waals surface area (Å²) in [5.74, 6) is 0.0215. The molecule has 0 fully saturated rings. The third-order valence-electron chi connectivity index (χ3n) is 6.21. The molecule has 0 saturated heterocycles. The van der Waals surface area contributed by atoms with Crippen molar-refractivity contribution in [1.82, 2.24) is 15.1 Å². The first-order chi connectivity index (χ1) is 17.7. The Kier molecular flexibility index (Phi) is 7.25. The normalized spacial score (nSPS) is 10.9. The van der Waals surface area contributed by atoms with Crippen molar-refractivity contribution in [1.29, 1.82) is 0 Å². The third-order valence-corrected chi connectivity index (χ3v) is 6.46. The lowest BCUT2D eigenvalue weighted by molar-refractivity contribution is 0.0945. The molecular formula is C31H26ClN3O. The Labute approximate surface area is 216 Å². The summed E-state index contributed by atoms with van der Waals surface area (Å²) in [6, 6.07) is 39.8. The molecule has 4 nitrogen and oxygen atoms in total. The number of rotatable bonds is 8. The van der Waals surface area contributed by atoms with E-state index in [0.717, 1.165) is 23.4 Å². The van der Waals surface area contributed by atoms with Gasteiger partial charge in [0.1, 0.15) is 5.69 Å². The van der Waals surface area contributed by atoms with Crippen LogP contribution in [0.4, 0.5) is 0 Å². The van der Waals surface area contributed by atoms with Crippen LogP contribution in [0.3, 0.4) is 0 Å². The zero-order valence-electron chi connectivity index (χ0n) is 19.7. The molecule has 0 atom stereocenters. The number of hydrogen-bond donors (Lipinski definition) is 1. The maximum Gasteiger partial charge on any atom is 0.270 e. The van der Waals surface area contributed by atoms with Crippen LogP contribution >= 0.6 is 11.6 Å². The first kappa shape index (κ1) is 23.6. The number of carbonyl (C=O) groups is 1. The van der Waals surface area contributed by atoms with Gasteiger partial charge < -0.3 is 5.32 Å². The highest BCUT2D eigenvalue weighted by Crippen LogP contribution is 2.28. The van der Waals surface area contributed by atoms with E-state index in [4.69, 9.17) is 16.7 Å². The number of nitrogens with zero attached hydrogens (tertiary/aromatic N) is 2. The number of amides is 1. The van der Waals surface area contributed by atoms with E-state index in [2.05, 4.69) is 53.8 Å². The van der Waals surface area contributed by atoms with Crippen LogP contribution in [0.1, 0.15) is 34.0 Å². The van der Waals surface area contributed by atoms with Gasteiger partial charge in [-0.2, -0.15) is 5.10 Å². The summed E-state index contributed by atoms with van der Waals surface area (Å²) in [7, 11) is 0. The third kappa shape index (κ3) is 5.40. The Hall–Kier alpha value is -4.15. The van der Waals surface area contributed by atoms with Gasteiger partial charge in [0.05, 0.1) is 11.4 Å². The molecule has 1 aromatic heterocycles. The number of aromatic nitrogens is 2. The number of carbonyl (C=O) groups excluding carboxylic acids is 1. The molecule has 0 saturated carbocycles. The smallest absolute Gasteiger partial charge is 0.270 e. The van der Waals surface area contributed by atoms with Gasteiger partial charge in [-0.15, -0.1) is 0 Å². The van der Waals surface area contributed by atoms with Gasteiger partial charge in [-0.25, -0.2) is 4.68 Å². The van der Waals surface area contributed by atoms with Crippen LogP contribution in [-0.2, 0) is 0 Å². The molecule has 36 heavy (non-hydrogen) atoms. The number of benzene rings is 4. The molecule has 5 aromatic rings. The molecule has 0 spiro atoms. The Morgan fingerprint density at radius 1 is 0.778 bits per heavy atom. The second-order valence-corrected chi connectivity index (χ2v) is 9.02. The van der Waals surface area contributed by atoms with Gasteiger partial charge in [0.2, 0.25) is 0 Å². The fourth-order valence-corrected chi connectivity index (χ4v) is 4.52. The molecule has 0 bridgehead atoms. The molecule has 0 unspecified atom stereocenters. The molecule has 1 N–H and O–H groups in total. The van der Waals surface area contributed by atoms with Crippen molar-refractivity contribution in [3.8, 4) is 16.9 Å². The number of hydrogen-bond acceptors (Lipinski definition) is 2. The highest BCUT2D eigenvalue weighted by molar-refractivity contribution is 6.30. The molecule has 1 heterocycles.